The normalized spacial score (nSPS) is 23.8. The quantitative estimate of drug-likeness (QED) is 0.324. The summed E-state index contributed by atoms with van der Waals surface area (Å²) in [5, 5.41) is 23.7. The number of carboxylic acid groups (broad SMARTS) is 1. The first-order chi connectivity index (χ1) is 19.1. The fourth-order valence-electron chi connectivity index (χ4n) is 5.91. The SMILES string of the molecule is CCc1ccc(N2C(=O)C3C(c4cc(Br)c(OC)c(OC)c4)NC(Cc4ccc(O)cc4)(C(=O)O)C3C2=O)cc1. The molecule has 2 aliphatic rings. The Hall–Kier alpha value is -3.89. The van der Waals surface area contributed by atoms with E-state index in [0.717, 1.165) is 16.9 Å². The van der Waals surface area contributed by atoms with Gasteiger partial charge in [0.2, 0.25) is 11.8 Å². The number of methoxy groups -OCH3 is 2. The molecule has 5 rings (SSSR count). The van der Waals surface area contributed by atoms with E-state index in [2.05, 4.69) is 21.2 Å². The second-order valence-electron chi connectivity index (χ2n) is 10.0. The summed E-state index contributed by atoms with van der Waals surface area (Å²) in [4.78, 5) is 42.4. The summed E-state index contributed by atoms with van der Waals surface area (Å²) < 4.78 is 11.5. The van der Waals surface area contributed by atoms with Crippen LogP contribution in [0.3, 0.4) is 0 Å². The molecule has 2 heterocycles. The van der Waals surface area contributed by atoms with E-state index in [4.69, 9.17) is 9.47 Å². The Morgan fingerprint density at radius 2 is 1.65 bits per heavy atom. The number of anilines is 1. The minimum Gasteiger partial charge on any atom is -0.508 e. The van der Waals surface area contributed by atoms with Gasteiger partial charge >= 0.3 is 5.97 Å². The number of hydrogen-bond acceptors (Lipinski definition) is 7. The average molecular weight is 609 g/mol. The van der Waals surface area contributed by atoms with Gasteiger partial charge in [-0.15, -0.1) is 0 Å². The molecule has 4 atom stereocenters. The molecule has 0 aromatic heterocycles. The van der Waals surface area contributed by atoms with Crippen molar-refractivity contribution in [2.24, 2.45) is 11.8 Å². The number of rotatable bonds is 8. The highest BCUT2D eigenvalue weighted by Gasteiger charge is 2.68. The van der Waals surface area contributed by atoms with Crippen LogP contribution >= 0.6 is 15.9 Å². The minimum absolute atomic E-state index is 0.0345. The Balaban J connectivity index is 1.67. The third-order valence-corrected chi connectivity index (χ3v) is 8.46. The highest BCUT2D eigenvalue weighted by Crippen LogP contribution is 2.52. The number of ether oxygens (including phenoxy) is 2. The van der Waals surface area contributed by atoms with Crippen molar-refractivity contribution in [2.45, 2.75) is 31.3 Å². The van der Waals surface area contributed by atoms with Crippen LogP contribution < -0.4 is 19.7 Å². The van der Waals surface area contributed by atoms with Crippen LogP contribution in [-0.4, -0.2) is 47.8 Å². The van der Waals surface area contributed by atoms with Crippen molar-refractivity contribution < 1.29 is 34.1 Å². The fraction of sp³-hybridized carbons (Fsp3) is 0.300. The number of aromatic hydroxyl groups is 1. The zero-order valence-electron chi connectivity index (χ0n) is 22.2. The van der Waals surface area contributed by atoms with Crippen molar-refractivity contribution in [3.05, 3.63) is 81.8 Å². The number of fused-ring (bicyclic) bond motifs is 1. The lowest BCUT2D eigenvalue weighted by Gasteiger charge is -2.31. The van der Waals surface area contributed by atoms with Gasteiger partial charge in [0.25, 0.3) is 0 Å². The van der Waals surface area contributed by atoms with E-state index in [1.54, 1.807) is 36.4 Å². The van der Waals surface area contributed by atoms with Gasteiger partial charge in [0.05, 0.1) is 36.2 Å². The molecule has 0 radical (unpaired) electrons. The van der Waals surface area contributed by atoms with Crippen molar-refractivity contribution in [1.82, 2.24) is 5.32 Å². The second-order valence-corrected chi connectivity index (χ2v) is 10.9. The van der Waals surface area contributed by atoms with E-state index in [1.807, 2.05) is 19.1 Å². The number of imide groups is 1. The van der Waals surface area contributed by atoms with Gasteiger partial charge in [0, 0.05) is 12.5 Å². The highest BCUT2D eigenvalue weighted by molar-refractivity contribution is 9.10. The zero-order valence-corrected chi connectivity index (χ0v) is 23.8. The summed E-state index contributed by atoms with van der Waals surface area (Å²) in [6.45, 7) is 2.01. The lowest BCUT2D eigenvalue weighted by molar-refractivity contribution is -0.148. The van der Waals surface area contributed by atoms with Crippen molar-refractivity contribution in [2.75, 3.05) is 19.1 Å². The third kappa shape index (κ3) is 4.41. The number of aliphatic carboxylic acids is 1. The zero-order chi connectivity index (χ0) is 28.8. The number of carbonyl (C=O) groups is 3. The van der Waals surface area contributed by atoms with Crippen molar-refractivity contribution in [3.8, 4) is 17.2 Å². The van der Waals surface area contributed by atoms with E-state index in [-0.39, 0.29) is 12.2 Å². The summed E-state index contributed by atoms with van der Waals surface area (Å²) in [6, 6.07) is 15.9. The smallest absolute Gasteiger partial charge is 0.325 e. The van der Waals surface area contributed by atoms with Crippen LogP contribution in [0.2, 0.25) is 0 Å². The van der Waals surface area contributed by atoms with Gasteiger partial charge in [-0.25, -0.2) is 4.90 Å². The van der Waals surface area contributed by atoms with Gasteiger partial charge in [-0.1, -0.05) is 31.2 Å². The number of halogens is 1. The summed E-state index contributed by atoms with van der Waals surface area (Å²) in [7, 11) is 2.98. The molecule has 3 aromatic carbocycles. The Kier molecular flexibility index (Phi) is 7.32. The Morgan fingerprint density at radius 3 is 2.23 bits per heavy atom. The van der Waals surface area contributed by atoms with Crippen molar-refractivity contribution >= 4 is 39.4 Å². The van der Waals surface area contributed by atoms with Gasteiger partial charge in [-0.2, -0.15) is 0 Å². The predicted molar refractivity (Wildman–Crippen MR) is 151 cm³/mol. The van der Waals surface area contributed by atoms with E-state index >= 15 is 0 Å². The Labute approximate surface area is 239 Å². The lowest BCUT2D eigenvalue weighted by Crippen LogP contribution is -2.57. The van der Waals surface area contributed by atoms with E-state index in [1.165, 1.54) is 26.4 Å². The molecular weight excluding hydrogens is 580 g/mol. The van der Waals surface area contributed by atoms with E-state index in [0.29, 0.717) is 32.8 Å². The van der Waals surface area contributed by atoms with E-state index in [9.17, 15) is 24.6 Å². The molecule has 40 heavy (non-hydrogen) atoms. The summed E-state index contributed by atoms with van der Waals surface area (Å²) in [6.07, 6.45) is 0.707. The van der Waals surface area contributed by atoms with Crippen LogP contribution in [-0.2, 0) is 27.2 Å². The molecule has 0 aliphatic carbocycles. The van der Waals surface area contributed by atoms with Crippen LogP contribution in [0.1, 0.15) is 29.7 Å². The summed E-state index contributed by atoms with van der Waals surface area (Å²) >= 11 is 3.49. The minimum atomic E-state index is -1.81. The number of aryl methyl sites for hydroxylation is 1. The molecule has 2 saturated heterocycles. The number of amides is 2. The number of carbonyl (C=O) groups excluding carboxylic acids is 2. The molecule has 10 heteroatoms. The number of carboxylic acids is 1. The molecule has 2 aliphatic heterocycles. The molecule has 4 unspecified atom stereocenters. The molecule has 2 fully saturated rings. The maximum absolute atomic E-state index is 14.1. The first-order valence-electron chi connectivity index (χ1n) is 12.8. The second kappa shape index (κ2) is 10.6. The molecule has 0 saturated carbocycles. The molecule has 208 valence electrons. The van der Waals surface area contributed by atoms with Gasteiger partial charge in [-0.3, -0.25) is 19.7 Å². The number of phenolic OH excluding ortho intramolecular Hbond substituents is 1. The van der Waals surface area contributed by atoms with Crippen LogP contribution in [0.4, 0.5) is 5.69 Å². The molecule has 2 amide bonds. The number of nitrogens with zero attached hydrogens (tertiary/aromatic N) is 1. The number of nitrogens with one attached hydrogen (secondary N) is 1. The summed E-state index contributed by atoms with van der Waals surface area (Å²) in [5.41, 5.74) is 0.795. The van der Waals surface area contributed by atoms with E-state index < -0.39 is 41.2 Å². The maximum Gasteiger partial charge on any atom is 0.325 e. The first-order valence-corrected chi connectivity index (χ1v) is 13.6. The third-order valence-electron chi connectivity index (χ3n) is 7.87. The number of phenols is 1. The van der Waals surface area contributed by atoms with Crippen molar-refractivity contribution in [3.63, 3.8) is 0 Å². The standard InChI is InChI=1S/C30H29BrN2O7/c1-4-16-5-9-19(10-6-16)33-27(35)23-24(28(33)36)30(29(37)38,15-17-7-11-20(34)12-8-17)32-25(23)18-13-21(31)26(40-3)22(14-18)39-2/h5-14,23-25,32,34H,4,15H2,1-3H3,(H,37,38). The molecule has 0 bridgehead atoms. The monoisotopic (exact) mass is 608 g/mol. The Morgan fingerprint density at radius 1 is 1.00 bits per heavy atom. The van der Waals surface area contributed by atoms with Crippen LogP contribution in [0.15, 0.2) is 65.1 Å². The predicted octanol–water partition coefficient (Wildman–Crippen LogP) is 4.25. The first kappa shape index (κ1) is 27.7. The largest absolute Gasteiger partial charge is 0.508 e. The molecular formula is C30H29BrN2O7. The van der Waals surface area contributed by atoms with Gasteiger partial charge < -0.3 is 19.7 Å². The molecule has 3 aromatic rings. The molecule has 9 nitrogen and oxygen atoms in total. The van der Waals surface area contributed by atoms with Gasteiger partial charge in [-0.05, 0) is 75.4 Å². The number of benzene rings is 3. The van der Waals surface area contributed by atoms with Gasteiger partial charge in [0.1, 0.15) is 11.3 Å². The average Bonchev–Trinajstić information content (AvgIpc) is 3.43. The fourth-order valence-corrected chi connectivity index (χ4v) is 6.53. The summed E-state index contributed by atoms with van der Waals surface area (Å²) in [5.74, 6) is -3.63. The van der Waals surface area contributed by atoms with Crippen molar-refractivity contribution in [1.29, 1.82) is 0 Å². The maximum atomic E-state index is 14.1. The molecule has 0 spiro atoms. The topological polar surface area (TPSA) is 125 Å². The lowest BCUT2D eigenvalue weighted by atomic mass is 9.76. The highest BCUT2D eigenvalue weighted by atomic mass is 79.9. The van der Waals surface area contributed by atoms with Gasteiger partial charge in [0.15, 0.2) is 11.5 Å². The van der Waals surface area contributed by atoms with Crippen LogP contribution in [0, 0.1) is 11.8 Å². The van der Waals surface area contributed by atoms with Crippen LogP contribution in [0.25, 0.3) is 0 Å². The number of hydrogen-bond donors (Lipinski definition) is 3. The van der Waals surface area contributed by atoms with Crippen LogP contribution in [0.5, 0.6) is 17.2 Å². The molecule has 3 N–H and O–H groups in total. The Bertz CT molecular complexity index is 1470.